The van der Waals surface area contributed by atoms with E-state index in [1.807, 2.05) is 0 Å². The van der Waals surface area contributed by atoms with Gasteiger partial charge in [0.2, 0.25) is 0 Å². The van der Waals surface area contributed by atoms with Crippen molar-refractivity contribution < 1.29 is 24.1 Å². The minimum atomic E-state index is -0.514. The maximum Gasteiger partial charge on any atom is 0.311 e. The van der Waals surface area contributed by atoms with Gasteiger partial charge in [-0.3, -0.25) is 4.79 Å². The highest BCUT2D eigenvalue weighted by molar-refractivity contribution is 5.72. The second-order valence-electron chi connectivity index (χ2n) is 7.41. The molecule has 0 aromatic carbocycles. The van der Waals surface area contributed by atoms with E-state index in [1.165, 1.54) is 0 Å². The van der Waals surface area contributed by atoms with E-state index in [9.17, 15) is 9.90 Å². The van der Waals surface area contributed by atoms with E-state index in [4.69, 9.17) is 14.2 Å². The predicted molar refractivity (Wildman–Crippen MR) is 80.1 cm³/mol. The Morgan fingerprint density at radius 3 is 2.91 bits per heavy atom. The molecule has 1 heterocycles. The second kappa shape index (κ2) is 6.46. The van der Waals surface area contributed by atoms with E-state index in [1.54, 1.807) is 6.92 Å². The van der Waals surface area contributed by atoms with Gasteiger partial charge in [0.15, 0.2) is 6.29 Å². The summed E-state index contributed by atoms with van der Waals surface area (Å²) in [7, 11) is 0. The molecule has 3 aliphatic rings. The molecule has 0 bridgehead atoms. The van der Waals surface area contributed by atoms with Crippen LogP contribution in [0.1, 0.15) is 58.8 Å². The highest BCUT2D eigenvalue weighted by Crippen LogP contribution is 2.49. The Morgan fingerprint density at radius 2 is 2.18 bits per heavy atom. The number of esters is 1. The van der Waals surface area contributed by atoms with Gasteiger partial charge < -0.3 is 19.3 Å². The Kier molecular flexibility index (Phi) is 4.76. The zero-order valence-corrected chi connectivity index (χ0v) is 13.6. The summed E-state index contributed by atoms with van der Waals surface area (Å²) in [5.74, 6) is 0.0938. The predicted octanol–water partition coefficient (Wildman–Crippen LogP) is 2.40. The Morgan fingerprint density at radius 1 is 1.36 bits per heavy atom. The Labute approximate surface area is 132 Å². The summed E-state index contributed by atoms with van der Waals surface area (Å²) < 4.78 is 16.8. The summed E-state index contributed by atoms with van der Waals surface area (Å²) in [6.07, 6.45) is 5.79. The Hall–Kier alpha value is -0.650. The van der Waals surface area contributed by atoms with E-state index < -0.39 is 6.29 Å². The highest BCUT2D eigenvalue weighted by atomic mass is 16.7. The molecule has 1 saturated heterocycles. The standard InChI is InChI=1S/C17H28O5/c1-11(21-16(19)13-4-3-5-14(18)9-13)20-10-12-6-7-17(2)15(8-12)22-17/h11-15,18H,3-10H2,1-2H3. The minimum absolute atomic E-state index is 0.135. The molecule has 0 aromatic heterocycles. The van der Waals surface area contributed by atoms with Gasteiger partial charge in [-0.25, -0.2) is 0 Å². The van der Waals surface area contributed by atoms with Crippen molar-refractivity contribution in [2.24, 2.45) is 11.8 Å². The molecule has 3 rings (SSSR count). The Bertz CT molecular complexity index is 412. The van der Waals surface area contributed by atoms with Crippen molar-refractivity contribution in [3.63, 3.8) is 0 Å². The number of epoxide rings is 1. The number of aliphatic hydroxyl groups is 1. The lowest BCUT2D eigenvalue weighted by Crippen LogP contribution is -2.31. The number of rotatable bonds is 5. The molecule has 6 unspecified atom stereocenters. The fourth-order valence-corrected chi connectivity index (χ4v) is 3.81. The average Bonchev–Trinajstić information content (AvgIpc) is 3.15. The molecule has 6 atom stereocenters. The number of carbonyl (C=O) groups excluding carboxylic acids is 1. The summed E-state index contributed by atoms with van der Waals surface area (Å²) in [5.41, 5.74) is 0.135. The maximum absolute atomic E-state index is 12.1. The summed E-state index contributed by atoms with van der Waals surface area (Å²) in [4.78, 5) is 12.1. The van der Waals surface area contributed by atoms with Crippen LogP contribution < -0.4 is 0 Å². The number of ether oxygens (including phenoxy) is 3. The van der Waals surface area contributed by atoms with E-state index in [0.29, 0.717) is 25.0 Å². The lowest BCUT2D eigenvalue weighted by Gasteiger charge is -2.27. The van der Waals surface area contributed by atoms with Crippen LogP contribution in [0.4, 0.5) is 0 Å². The topological polar surface area (TPSA) is 68.3 Å². The Balaban J connectivity index is 1.35. The van der Waals surface area contributed by atoms with Crippen LogP contribution in [-0.2, 0) is 19.0 Å². The first-order valence-corrected chi connectivity index (χ1v) is 8.64. The molecular formula is C17H28O5. The average molecular weight is 312 g/mol. The number of carbonyl (C=O) groups is 1. The van der Waals surface area contributed by atoms with Gasteiger partial charge in [0.05, 0.1) is 30.3 Å². The first kappa shape index (κ1) is 16.2. The number of fused-ring (bicyclic) bond motifs is 1. The molecule has 1 N–H and O–H groups in total. The van der Waals surface area contributed by atoms with E-state index in [-0.39, 0.29) is 23.6 Å². The van der Waals surface area contributed by atoms with Crippen LogP contribution in [0.15, 0.2) is 0 Å². The lowest BCUT2D eigenvalue weighted by atomic mass is 9.83. The van der Waals surface area contributed by atoms with Crippen LogP contribution in [0.25, 0.3) is 0 Å². The number of hydrogen-bond donors (Lipinski definition) is 1. The first-order valence-electron chi connectivity index (χ1n) is 8.64. The zero-order chi connectivity index (χ0) is 15.7. The molecule has 22 heavy (non-hydrogen) atoms. The van der Waals surface area contributed by atoms with Gasteiger partial charge >= 0.3 is 5.97 Å². The molecular weight excluding hydrogens is 284 g/mol. The van der Waals surface area contributed by atoms with Crippen LogP contribution in [-0.4, -0.2) is 41.8 Å². The lowest BCUT2D eigenvalue weighted by molar-refractivity contribution is -0.184. The molecule has 0 radical (unpaired) electrons. The molecule has 5 heteroatoms. The number of aliphatic hydroxyl groups excluding tert-OH is 1. The third-order valence-corrected chi connectivity index (χ3v) is 5.46. The number of hydrogen-bond acceptors (Lipinski definition) is 5. The minimum Gasteiger partial charge on any atom is -0.436 e. The first-order chi connectivity index (χ1) is 10.5. The van der Waals surface area contributed by atoms with Crippen molar-refractivity contribution in [1.82, 2.24) is 0 Å². The van der Waals surface area contributed by atoms with Gasteiger partial charge in [0.25, 0.3) is 0 Å². The second-order valence-corrected chi connectivity index (χ2v) is 7.41. The summed E-state index contributed by atoms with van der Waals surface area (Å²) in [5, 5.41) is 9.63. The molecule has 2 aliphatic carbocycles. The zero-order valence-electron chi connectivity index (χ0n) is 13.6. The summed E-state index contributed by atoms with van der Waals surface area (Å²) in [6.45, 7) is 4.58. The van der Waals surface area contributed by atoms with Crippen molar-refractivity contribution in [2.45, 2.75) is 82.9 Å². The van der Waals surface area contributed by atoms with Crippen LogP contribution in [0.3, 0.4) is 0 Å². The fourth-order valence-electron chi connectivity index (χ4n) is 3.81. The molecule has 2 saturated carbocycles. The third kappa shape index (κ3) is 3.81. The van der Waals surface area contributed by atoms with E-state index in [0.717, 1.165) is 38.5 Å². The van der Waals surface area contributed by atoms with Gasteiger partial charge in [-0.1, -0.05) is 6.42 Å². The molecule has 0 aromatic rings. The van der Waals surface area contributed by atoms with Gasteiger partial charge in [0, 0.05) is 0 Å². The summed E-state index contributed by atoms with van der Waals surface area (Å²) in [6, 6.07) is 0. The molecule has 0 spiro atoms. The molecule has 126 valence electrons. The molecule has 0 amide bonds. The van der Waals surface area contributed by atoms with Gasteiger partial charge in [-0.05, 0) is 58.3 Å². The normalized spacial score (nSPS) is 42.3. The fraction of sp³-hybridized carbons (Fsp3) is 0.941. The van der Waals surface area contributed by atoms with Gasteiger partial charge in [-0.2, -0.15) is 0 Å². The summed E-state index contributed by atoms with van der Waals surface area (Å²) >= 11 is 0. The van der Waals surface area contributed by atoms with Crippen molar-refractivity contribution >= 4 is 5.97 Å². The quantitative estimate of drug-likeness (QED) is 0.479. The van der Waals surface area contributed by atoms with Crippen LogP contribution in [0.2, 0.25) is 0 Å². The van der Waals surface area contributed by atoms with Crippen molar-refractivity contribution in [1.29, 1.82) is 0 Å². The third-order valence-electron chi connectivity index (χ3n) is 5.46. The van der Waals surface area contributed by atoms with E-state index in [2.05, 4.69) is 6.92 Å². The van der Waals surface area contributed by atoms with Gasteiger partial charge in [0.1, 0.15) is 0 Å². The van der Waals surface area contributed by atoms with Crippen molar-refractivity contribution in [3.8, 4) is 0 Å². The largest absolute Gasteiger partial charge is 0.436 e. The molecule has 3 fully saturated rings. The van der Waals surface area contributed by atoms with Crippen molar-refractivity contribution in [2.75, 3.05) is 6.61 Å². The SMILES string of the molecule is CC(OCC1CCC2(C)OC2C1)OC(=O)C1CCCC(O)C1. The van der Waals surface area contributed by atoms with Crippen molar-refractivity contribution in [3.05, 3.63) is 0 Å². The smallest absolute Gasteiger partial charge is 0.311 e. The molecule has 1 aliphatic heterocycles. The maximum atomic E-state index is 12.1. The monoisotopic (exact) mass is 312 g/mol. The van der Waals surface area contributed by atoms with Gasteiger partial charge in [-0.15, -0.1) is 0 Å². The van der Waals surface area contributed by atoms with Crippen LogP contribution in [0, 0.1) is 11.8 Å². The van der Waals surface area contributed by atoms with Crippen LogP contribution >= 0.6 is 0 Å². The van der Waals surface area contributed by atoms with Crippen LogP contribution in [0.5, 0.6) is 0 Å². The molecule has 5 nitrogen and oxygen atoms in total. The van der Waals surface area contributed by atoms with E-state index >= 15 is 0 Å². The highest BCUT2D eigenvalue weighted by Gasteiger charge is 2.55.